The molecule has 0 saturated carbocycles. The highest BCUT2D eigenvalue weighted by atomic mass is 35.5. The lowest BCUT2D eigenvalue weighted by molar-refractivity contribution is -0.120. The van der Waals surface area contributed by atoms with Crippen LogP contribution in [0.1, 0.15) is 42.5 Å². The van der Waals surface area contributed by atoms with Gasteiger partial charge in [-0.3, -0.25) is 9.59 Å². The van der Waals surface area contributed by atoms with E-state index in [1.165, 1.54) is 61.7 Å². The maximum absolute atomic E-state index is 13.6. The number of amides is 2. The van der Waals surface area contributed by atoms with E-state index in [1.54, 1.807) is 30.3 Å². The molecule has 1 fully saturated rings. The van der Waals surface area contributed by atoms with Crippen molar-refractivity contribution in [2.45, 2.75) is 37.0 Å². The minimum Gasteiger partial charge on any atom is -0.363 e. The van der Waals surface area contributed by atoms with Crippen LogP contribution in [0.2, 0.25) is 10.0 Å². The zero-order valence-corrected chi connectivity index (χ0v) is 25.4. The van der Waals surface area contributed by atoms with Crippen LogP contribution in [0.25, 0.3) is 0 Å². The van der Waals surface area contributed by atoms with E-state index in [1.807, 2.05) is 0 Å². The molecule has 0 spiro atoms. The lowest BCUT2D eigenvalue weighted by Gasteiger charge is -2.26. The van der Waals surface area contributed by atoms with Crippen molar-refractivity contribution in [3.63, 3.8) is 0 Å². The Morgan fingerprint density at radius 2 is 1.60 bits per heavy atom. The maximum Gasteiger partial charge on any atom is 0.295 e. The molecule has 2 amide bonds. The summed E-state index contributed by atoms with van der Waals surface area (Å²) in [5.74, 6) is -0.690. The standard InChI is InChI=1S/C30H34Cl2N4O5S/c31-24-13-16-28(27(32)21-24)41-36(25-9-3-1-4-10-25)42(39,40)26-14-11-23(12-15-26)30(38)34-22-29(37)33-17-5-8-20-35-18-6-2-7-19-35/h1,3-4,9-16,21H,2,5-8,17-20,22H2,(H,33,37)(H,34,38). The van der Waals surface area contributed by atoms with Gasteiger partial charge in [0.05, 0.1) is 22.2 Å². The Bertz CT molecular complexity index is 1450. The van der Waals surface area contributed by atoms with Crippen LogP contribution in [0, 0.1) is 0 Å². The molecule has 3 aromatic rings. The van der Waals surface area contributed by atoms with Gasteiger partial charge in [0.15, 0.2) is 5.75 Å². The van der Waals surface area contributed by atoms with Gasteiger partial charge in [-0.05, 0) is 99.9 Å². The van der Waals surface area contributed by atoms with Gasteiger partial charge in [-0.25, -0.2) is 0 Å². The summed E-state index contributed by atoms with van der Waals surface area (Å²) in [5.41, 5.74) is 0.444. The molecule has 42 heavy (non-hydrogen) atoms. The highest BCUT2D eigenvalue weighted by Gasteiger charge is 2.28. The van der Waals surface area contributed by atoms with E-state index in [2.05, 4.69) is 15.5 Å². The van der Waals surface area contributed by atoms with E-state index in [0.717, 1.165) is 36.9 Å². The van der Waals surface area contributed by atoms with Crippen molar-refractivity contribution in [3.8, 4) is 5.75 Å². The van der Waals surface area contributed by atoms with Crippen LogP contribution in [0.15, 0.2) is 77.7 Å². The second kappa shape index (κ2) is 15.2. The summed E-state index contributed by atoms with van der Waals surface area (Å²) < 4.78 is 28.0. The Morgan fingerprint density at radius 3 is 2.29 bits per heavy atom. The van der Waals surface area contributed by atoms with E-state index in [-0.39, 0.29) is 39.4 Å². The Hall–Kier alpha value is -3.31. The molecule has 0 aliphatic carbocycles. The fraction of sp³-hybridized carbons (Fsp3) is 0.333. The Balaban J connectivity index is 1.32. The summed E-state index contributed by atoms with van der Waals surface area (Å²) >= 11 is 12.2. The molecule has 0 atom stereocenters. The molecular formula is C30H34Cl2N4O5S. The van der Waals surface area contributed by atoms with E-state index in [9.17, 15) is 18.0 Å². The number of likely N-dealkylation sites (tertiary alicyclic amines) is 1. The van der Waals surface area contributed by atoms with E-state index in [0.29, 0.717) is 11.6 Å². The van der Waals surface area contributed by atoms with Gasteiger partial charge in [-0.15, -0.1) is 0 Å². The zero-order chi connectivity index (χ0) is 30.0. The average molecular weight is 634 g/mol. The number of carbonyl (C=O) groups is 2. The lowest BCUT2D eigenvalue weighted by Crippen LogP contribution is -2.37. The third-order valence-corrected chi connectivity index (χ3v) is 8.88. The van der Waals surface area contributed by atoms with Crippen LogP contribution < -0.4 is 19.9 Å². The fourth-order valence-corrected chi connectivity index (χ4v) is 6.19. The minimum atomic E-state index is -4.25. The molecule has 0 radical (unpaired) electrons. The second-order valence-electron chi connectivity index (χ2n) is 9.90. The molecule has 9 nitrogen and oxygen atoms in total. The normalized spacial score (nSPS) is 13.8. The smallest absolute Gasteiger partial charge is 0.295 e. The van der Waals surface area contributed by atoms with Gasteiger partial charge in [0.25, 0.3) is 15.9 Å². The summed E-state index contributed by atoms with van der Waals surface area (Å²) in [6, 6.07) is 18.0. The van der Waals surface area contributed by atoms with Gasteiger partial charge in [0, 0.05) is 17.1 Å². The van der Waals surface area contributed by atoms with Crippen molar-refractivity contribution in [1.82, 2.24) is 15.5 Å². The SMILES string of the molecule is O=C(CNC(=O)c1ccc(S(=O)(=O)N(Oc2ccc(Cl)cc2Cl)c2ccccc2)cc1)NCCCCN1CCCCC1. The first kappa shape index (κ1) is 31.6. The van der Waals surface area contributed by atoms with Crippen molar-refractivity contribution in [1.29, 1.82) is 0 Å². The first-order valence-electron chi connectivity index (χ1n) is 13.8. The number of carbonyl (C=O) groups excluding carboxylic acids is 2. The van der Waals surface area contributed by atoms with Crippen LogP contribution in [-0.2, 0) is 14.8 Å². The third-order valence-electron chi connectivity index (χ3n) is 6.76. The van der Waals surface area contributed by atoms with Crippen molar-refractivity contribution < 1.29 is 22.8 Å². The number of unbranched alkanes of at least 4 members (excludes halogenated alkanes) is 1. The number of hydrogen-bond donors (Lipinski definition) is 2. The number of anilines is 1. The van der Waals surface area contributed by atoms with E-state index < -0.39 is 15.9 Å². The highest BCUT2D eigenvalue weighted by molar-refractivity contribution is 7.92. The summed E-state index contributed by atoms with van der Waals surface area (Å²) in [5, 5.41) is 5.90. The number of rotatable bonds is 13. The largest absolute Gasteiger partial charge is 0.363 e. The van der Waals surface area contributed by atoms with Gasteiger partial charge in [0.2, 0.25) is 5.91 Å². The molecule has 1 aliphatic rings. The average Bonchev–Trinajstić information content (AvgIpc) is 3.00. The van der Waals surface area contributed by atoms with Crippen LogP contribution in [0.5, 0.6) is 5.75 Å². The number of piperidine rings is 1. The number of sulfonamides is 1. The molecular weight excluding hydrogens is 599 g/mol. The van der Waals surface area contributed by atoms with Crippen molar-refractivity contribution in [2.24, 2.45) is 0 Å². The number of hydrogen-bond acceptors (Lipinski definition) is 6. The van der Waals surface area contributed by atoms with Gasteiger partial charge in [-0.2, -0.15) is 8.42 Å². The molecule has 0 aromatic heterocycles. The molecule has 0 bridgehead atoms. The summed E-state index contributed by atoms with van der Waals surface area (Å²) in [6.45, 7) is 3.73. The quantitative estimate of drug-likeness (QED) is 0.196. The Labute approximate surface area is 256 Å². The number of halogens is 2. The highest BCUT2D eigenvalue weighted by Crippen LogP contribution is 2.32. The molecule has 1 heterocycles. The fourth-order valence-electron chi connectivity index (χ4n) is 4.50. The summed E-state index contributed by atoms with van der Waals surface area (Å²) in [6.07, 6.45) is 5.72. The second-order valence-corrected chi connectivity index (χ2v) is 12.5. The van der Waals surface area contributed by atoms with Crippen LogP contribution in [-0.4, -0.2) is 57.9 Å². The molecule has 2 N–H and O–H groups in total. The predicted octanol–water partition coefficient (Wildman–Crippen LogP) is 5.29. The van der Waals surface area contributed by atoms with E-state index in [4.69, 9.17) is 28.0 Å². The molecule has 3 aromatic carbocycles. The molecule has 4 rings (SSSR count). The lowest BCUT2D eigenvalue weighted by atomic mass is 10.1. The first-order chi connectivity index (χ1) is 20.2. The minimum absolute atomic E-state index is 0.0877. The summed E-state index contributed by atoms with van der Waals surface area (Å²) in [4.78, 5) is 32.9. The Kier molecular flexibility index (Phi) is 11.5. The van der Waals surface area contributed by atoms with Crippen molar-refractivity contribution in [3.05, 3.63) is 88.4 Å². The molecule has 1 saturated heterocycles. The van der Waals surface area contributed by atoms with Crippen molar-refractivity contribution >= 4 is 50.7 Å². The first-order valence-corrected chi connectivity index (χ1v) is 16.0. The maximum atomic E-state index is 13.6. The van der Waals surface area contributed by atoms with Gasteiger partial charge < -0.3 is 20.4 Å². The monoisotopic (exact) mass is 632 g/mol. The van der Waals surface area contributed by atoms with Gasteiger partial charge >= 0.3 is 0 Å². The molecule has 224 valence electrons. The molecule has 12 heteroatoms. The van der Waals surface area contributed by atoms with E-state index >= 15 is 0 Å². The topological polar surface area (TPSA) is 108 Å². The third kappa shape index (κ3) is 8.84. The number of para-hydroxylation sites is 1. The molecule has 1 aliphatic heterocycles. The summed E-state index contributed by atoms with van der Waals surface area (Å²) in [7, 11) is -4.25. The number of nitrogens with zero attached hydrogens (tertiary/aromatic N) is 2. The van der Waals surface area contributed by atoms with Crippen LogP contribution in [0.3, 0.4) is 0 Å². The van der Waals surface area contributed by atoms with Gasteiger partial charge in [-0.1, -0.05) is 52.3 Å². The number of nitrogens with one attached hydrogen (secondary N) is 2. The van der Waals surface area contributed by atoms with Crippen molar-refractivity contribution in [2.75, 3.05) is 37.2 Å². The Morgan fingerprint density at radius 1 is 0.881 bits per heavy atom. The van der Waals surface area contributed by atoms with Gasteiger partial charge in [0.1, 0.15) is 0 Å². The molecule has 0 unspecified atom stereocenters. The van der Waals surface area contributed by atoms with Crippen LogP contribution >= 0.6 is 23.2 Å². The van der Waals surface area contributed by atoms with Crippen LogP contribution in [0.4, 0.5) is 5.69 Å². The number of benzene rings is 3. The predicted molar refractivity (Wildman–Crippen MR) is 165 cm³/mol. The zero-order valence-electron chi connectivity index (χ0n) is 23.1.